The molecule has 0 unspecified atom stereocenters. The van der Waals surface area contributed by atoms with Gasteiger partial charge in [0, 0.05) is 18.7 Å². The van der Waals surface area contributed by atoms with Gasteiger partial charge >= 0.3 is 0 Å². The number of anilines is 1. The fourth-order valence-corrected chi connectivity index (χ4v) is 1.95. The third-order valence-corrected chi connectivity index (χ3v) is 2.49. The maximum atomic E-state index is 5.92. The first-order valence-corrected chi connectivity index (χ1v) is 7.75. The first kappa shape index (κ1) is 17.5. The van der Waals surface area contributed by atoms with Crippen molar-refractivity contribution in [2.24, 2.45) is 0 Å². The molecule has 0 aliphatic carbocycles. The van der Waals surface area contributed by atoms with Gasteiger partial charge in [-0.15, -0.1) is 0 Å². The van der Waals surface area contributed by atoms with Crippen LogP contribution in [0.3, 0.4) is 0 Å². The number of ether oxygens (including phenoxy) is 3. The summed E-state index contributed by atoms with van der Waals surface area (Å²) in [5.74, 6) is 2.29. The van der Waals surface area contributed by atoms with Gasteiger partial charge in [0.1, 0.15) is 22.9 Å². The molecule has 0 atom stereocenters. The molecule has 4 nitrogen and oxygen atoms in total. The molecule has 0 aromatic heterocycles. The molecule has 0 saturated heterocycles. The molecule has 21 heavy (non-hydrogen) atoms. The molecule has 0 fully saturated rings. The molecule has 0 heterocycles. The Bertz CT molecular complexity index is 411. The normalized spacial score (nSPS) is 11.1. The summed E-state index contributed by atoms with van der Waals surface area (Å²) in [4.78, 5) is 0. The van der Waals surface area contributed by atoms with Crippen molar-refractivity contribution < 1.29 is 14.2 Å². The van der Waals surface area contributed by atoms with E-state index in [0.717, 1.165) is 29.5 Å². The van der Waals surface area contributed by atoms with Gasteiger partial charge in [0.25, 0.3) is 0 Å². The third-order valence-electron chi connectivity index (χ3n) is 2.49. The Hall–Kier alpha value is -1.58. The largest absolute Gasteiger partial charge is 0.491 e. The minimum Gasteiger partial charge on any atom is -0.491 e. The Morgan fingerprint density at radius 3 is 1.57 bits per heavy atom. The van der Waals surface area contributed by atoms with Gasteiger partial charge in [0.2, 0.25) is 0 Å². The van der Waals surface area contributed by atoms with Crippen LogP contribution in [0.5, 0.6) is 17.2 Å². The Balaban J connectivity index is 3.26. The summed E-state index contributed by atoms with van der Waals surface area (Å²) < 4.78 is 17.6. The molecule has 0 aliphatic rings. The molecular weight excluding hydrogens is 266 g/mol. The number of benzene rings is 1. The monoisotopic (exact) mass is 295 g/mol. The summed E-state index contributed by atoms with van der Waals surface area (Å²) >= 11 is 0. The van der Waals surface area contributed by atoms with E-state index < -0.39 is 0 Å². The van der Waals surface area contributed by atoms with Gasteiger partial charge in [0.15, 0.2) is 0 Å². The van der Waals surface area contributed by atoms with Gasteiger partial charge < -0.3 is 19.5 Å². The quantitative estimate of drug-likeness (QED) is 0.767. The Morgan fingerprint density at radius 1 is 0.810 bits per heavy atom. The van der Waals surface area contributed by atoms with Gasteiger partial charge in [-0.2, -0.15) is 0 Å². The van der Waals surface area contributed by atoms with E-state index in [1.54, 1.807) is 0 Å². The van der Waals surface area contributed by atoms with Crippen LogP contribution in [0.25, 0.3) is 0 Å². The predicted octanol–water partition coefficient (Wildman–Crippen LogP) is 4.48. The SMILES string of the molecule is CCNc1c(OC(C)C)cc(OC(C)C)cc1OC(C)C. The highest BCUT2D eigenvalue weighted by atomic mass is 16.5. The molecule has 1 aromatic rings. The zero-order valence-corrected chi connectivity index (χ0v) is 14.3. The van der Waals surface area contributed by atoms with Crippen LogP contribution in [0.15, 0.2) is 12.1 Å². The van der Waals surface area contributed by atoms with E-state index in [2.05, 4.69) is 12.2 Å². The minimum absolute atomic E-state index is 0.0867. The molecule has 1 aromatic carbocycles. The van der Waals surface area contributed by atoms with Gasteiger partial charge in [-0.25, -0.2) is 0 Å². The summed E-state index contributed by atoms with van der Waals surface area (Å²) in [5, 5.41) is 3.33. The van der Waals surface area contributed by atoms with Crippen molar-refractivity contribution >= 4 is 5.69 Å². The van der Waals surface area contributed by atoms with E-state index in [1.807, 2.05) is 53.7 Å². The van der Waals surface area contributed by atoms with Gasteiger partial charge in [-0.1, -0.05) is 0 Å². The van der Waals surface area contributed by atoms with Crippen molar-refractivity contribution in [2.45, 2.75) is 66.8 Å². The molecule has 0 aliphatic heterocycles. The van der Waals surface area contributed by atoms with Crippen LogP contribution in [-0.2, 0) is 0 Å². The van der Waals surface area contributed by atoms with E-state index in [0.29, 0.717) is 0 Å². The summed E-state index contributed by atoms with van der Waals surface area (Å²) in [6.45, 7) is 14.9. The maximum absolute atomic E-state index is 5.92. The minimum atomic E-state index is 0.0867. The Labute approximate surface area is 128 Å². The number of hydrogen-bond acceptors (Lipinski definition) is 4. The zero-order chi connectivity index (χ0) is 16.0. The second-order valence-electron chi connectivity index (χ2n) is 5.82. The Morgan fingerprint density at radius 2 is 1.24 bits per heavy atom. The van der Waals surface area contributed by atoms with Crippen molar-refractivity contribution in [3.05, 3.63) is 12.1 Å². The molecule has 0 spiro atoms. The molecule has 0 amide bonds. The molecular formula is C17H29NO3. The third kappa shape index (κ3) is 5.74. The average molecular weight is 295 g/mol. The van der Waals surface area contributed by atoms with Crippen LogP contribution in [0.2, 0.25) is 0 Å². The van der Waals surface area contributed by atoms with Crippen molar-refractivity contribution in [3.8, 4) is 17.2 Å². The topological polar surface area (TPSA) is 39.7 Å². The molecule has 1 N–H and O–H groups in total. The van der Waals surface area contributed by atoms with Crippen LogP contribution < -0.4 is 19.5 Å². The van der Waals surface area contributed by atoms with E-state index in [-0.39, 0.29) is 18.3 Å². The summed E-state index contributed by atoms with van der Waals surface area (Å²) in [5.41, 5.74) is 0.885. The molecule has 0 radical (unpaired) electrons. The highest BCUT2D eigenvalue weighted by molar-refractivity contribution is 5.69. The standard InChI is InChI=1S/C17H29NO3/c1-8-18-17-15(20-12(4)5)9-14(19-11(2)3)10-16(17)21-13(6)7/h9-13,18H,8H2,1-7H3. The van der Waals surface area contributed by atoms with Crippen molar-refractivity contribution in [1.82, 2.24) is 0 Å². The van der Waals surface area contributed by atoms with Crippen molar-refractivity contribution in [2.75, 3.05) is 11.9 Å². The van der Waals surface area contributed by atoms with E-state index in [9.17, 15) is 0 Å². The van der Waals surface area contributed by atoms with E-state index in [1.165, 1.54) is 0 Å². The molecule has 0 saturated carbocycles. The highest BCUT2D eigenvalue weighted by Crippen LogP contribution is 2.40. The van der Waals surface area contributed by atoms with E-state index in [4.69, 9.17) is 14.2 Å². The Kier molecular flexibility index (Phi) is 6.66. The lowest BCUT2D eigenvalue weighted by Crippen LogP contribution is -2.13. The van der Waals surface area contributed by atoms with Crippen molar-refractivity contribution in [1.29, 1.82) is 0 Å². The molecule has 120 valence electrons. The number of hydrogen-bond donors (Lipinski definition) is 1. The predicted molar refractivity (Wildman–Crippen MR) is 87.9 cm³/mol. The molecule has 1 rings (SSSR count). The molecule has 0 bridgehead atoms. The second-order valence-corrected chi connectivity index (χ2v) is 5.82. The lowest BCUT2D eigenvalue weighted by Gasteiger charge is -2.22. The second kappa shape index (κ2) is 8.01. The van der Waals surface area contributed by atoms with Crippen LogP contribution in [-0.4, -0.2) is 24.9 Å². The summed E-state index contributed by atoms with van der Waals surface area (Å²) in [6.07, 6.45) is 0.279. The van der Waals surface area contributed by atoms with Crippen LogP contribution in [0.1, 0.15) is 48.5 Å². The fraction of sp³-hybridized carbons (Fsp3) is 0.647. The number of rotatable bonds is 8. The average Bonchev–Trinajstić information content (AvgIpc) is 2.31. The summed E-state index contributed by atoms with van der Waals surface area (Å²) in [6, 6.07) is 3.84. The van der Waals surface area contributed by atoms with Gasteiger partial charge in [-0.05, 0) is 48.5 Å². The molecule has 4 heteroatoms. The first-order chi connectivity index (χ1) is 9.83. The van der Waals surface area contributed by atoms with E-state index >= 15 is 0 Å². The lowest BCUT2D eigenvalue weighted by molar-refractivity contribution is 0.218. The van der Waals surface area contributed by atoms with Crippen LogP contribution in [0.4, 0.5) is 5.69 Å². The van der Waals surface area contributed by atoms with Crippen LogP contribution in [0, 0.1) is 0 Å². The first-order valence-electron chi connectivity index (χ1n) is 7.75. The number of nitrogens with one attached hydrogen (secondary N) is 1. The van der Waals surface area contributed by atoms with Crippen molar-refractivity contribution in [3.63, 3.8) is 0 Å². The van der Waals surface area contributed by atoms with Gasteiger partial charge in [-0.3, -0.25) is 0 Å². The van der Waals surface area contributed by atoms with Gasteiger partial charge in [0.05, 0.1) is 18.3 Å². The maximum Gasteiger partial charge on any atom is 0.150 e. The van der Waals surface area contributed by atoms with Crippen LogP contribution >= 0.6 is 0 Å². The highest BCUT2D eigenvalue weighted by Gasteiger charge is 2.16. The smallest absolute Gasteiger partial charge is 0.150 e. The summed E-state index contributed by atoms with van der Waals surface area (Å²) in [7, 11) is 0. The fourth-order valence-electron chi connectivity index (χ4n) is 1.95. The zero-order valence-electron chi connectivity index (χ0n) is 14.3. The lowest BCUT2D eigenvalue weighted by atomic mass is 10.2.